The summed E-state index contributed by atoms with van der Waals surface area (Å²) in [6.45, 7) is -1.59. The summed E-state index contributed by atoms with van der Waals surface area (Å²) in [7, 11) is -4.35. The van der Waals surface area contributed by atoms with E-state index >= 15 is 0 Å². The number of aromatic nitrogens is 3. The molecule has 2 heterocycles. The first-order valence-electron chi connectivity index (χ1n) is 13.1. The number of halogens is 5. The van der Waals surface area contributed by atoms with Crippen molar-refractivity contribution in [3.05, 3.63) is 89.5 Å². The summed E-state index contributed by atoms with van der Waals surface area (Å²) in [5.74, 6) is -2.33. The van der Waals surface area contributed by atoms with Gasteiger partial charge < -0.3 is 20.2 Å². The molecular formula is C29H24F5N5O5S. The highest BCUT2D eigenvalue weighted by Gasteiger charge is 2.23. The molecule has 2 aromatic heterocycles. The van der Waals surface area contributed by atoms with Crippen LogP contribution in [0.4, 0.5) is 33.5 Å². The summed E-state index contributed by atoms with van der Waals surface area (Å²) in [4.78, 5) is 16.2. The lowest BCUT2D eigenvalue weighted by Crippen LogP contribution is -2.19. The van der Waals surface area contributed by atoms with E-state index in [-0.39, 0.29) is 33.7 Å². The van der Waals surface area contributed by atoms with Gasteiger partial charge in [0.1, 0.15) is 11.6 Å². The largest absolute Gasteiger partial charge is 0.454 e. The Balaban J connectivity index is 1.42. The van der Waals surface area contributed by atoms with Crippen LogP contribution >= 0.6 is 0 Å². The lowest BCUT2D eigenvalue weighted by atomic mass is 10.1. The van der Waals surface area contributed by atoms with Crippen molar-refractivity contribution in [3.8, 4) is 22.9 Å². The van der Waals surface area contributed by atoms with Crippen molar-refractivity contribution in [2.24, 2.45) is 0 Å². The van der Waals surface area contributed by atoms with Crippen molar-refractivity contribution in [1.82, 2.24) is 14.8 Å². The van der Waals surface area contributed by atoms with Crippen LogP contribution in [0.15, 0.2) is 66.9 Å². The third kappa shape index (κ3) is 7.01. The van der Waals surface area contributed by atoms with Crippen LogP contribution in [0, 0.1) is 12.7 Å². The van der Waals surface area contributed by atoms with E-state index in [2.05, 4.69) is 14.8 Å². The van der Waals surface area contributed by atoms with Gasteiger partial charge in [-0.2, -0.15) is 13.9 Å². The smallest absolute Gasteiger partial charge is 0.387 e. The highest BCUT2D eigenvalue weighted by atomic mass is 32.2. The summed E-state index contributed by atoms with van der Waals surface area (Å²) < 4.78 is 103. The minimum atomic E-state index is -4.35. The Bertz CT molecular complexity index is 1990. The Labute approximate surface area is 252 Å². The Kier molecular flexibility index (Phi) is 8.68. The van der Waals surface area contributed by atoms with Crippen molar-refractivity contribution < 1.29 is 44.6 Å². The van der Waals surface area contributed by atoms with E-state index in [1.165, 1.54) is 35.1 Å². The van der Waals surface area contributed by atoms with Gasteiger partial charge in [-0.15, -0.1) is 0 Å². The lowest BCUT2D eigenvalue weighted by Gasteiger charge is -2.13. The van der Waals surface area contributed by atoms with E-state index in [1.54, 1.807) is 31.2 Å². The number of nitrogen functional groups attached to an aromatic ring is 1. The van der Waals surface area contributed by atoms with Gasteiger partial charge in [0, 0.05) is 17.3 Å². The molecule has 4 N–H and O–H groups in total. The minimum absolute atomic E-state index is 0.00961. The summed E-state index contributed by atoms with van der Waals surface area (Å²) in [5.41, 5.74) is 7.09. The minimum Gasteiger partial charge on any atom is -0.454 e. The zero-order valence-electron chi connectivity index (χ0n) is 23.2. The molecule has 3 aromatic carbocycles. The van der Waals surface area contributed by atoms with Crippen molar-refractivity contribution in [2.75, 3.05) is 16.2 Å². The second-order valence-corrected chi connectivity index (χ2v) is 11.6. The highest BCUT2D eigenvalue weighted by Crippen LogP contribution is 2.34. The Morgan fingerprint density at radius 1 is 1.07 bits per heavy atom. The third-order valence-corrected chi connectivity index (χ3v) is 7.87. The number of hydrogen-bond acceptors (Lipinski definition) is 7. The van der Waals surface area contributed by atoms with Gasteiger partial charge in [0.05, 0.1) is 34.6 Å². The number of carbonyl (C=O) groups excluding carboxylic acids is 1. The molecule has 16 heteroatoms. The van der Waals surface area contributed by atoms with Crippen LogP contribution in [0.1, 0.15) is 28.0 Å². The number of rotatable bonds is 12. The molecule has 10 nitrogen and oxygen atoms in total. The van der Waals surface area contributed by atoms with Gasteiger partial charge in [-0.05, 0) is 61.0 Å². The average Bonchev–Trinajstić information content (AvgIpc) is 3.56. The fraction of sp³-hybridized carbons (Fsp3) is 0.172. The monoisotopic (exact) mass is 649 g/mol. The molecule has 45 heavy (non-hydrogen) atoms. The molecule has 0 atom stereocenters. The molecular weight excluding hydrogens is 625 g/mol. The summed E-state index contributed by atoms with van der Waals surface area (Å²) in [6, 6.07) is 14.3. The molecule has 0 bridgehead atoms. The van der Waals surface area contributed by atoms with Crippen LogP contribution in [-0.4, -0.2) is 47.8 Å². The standard InChI is InChI=1S/C29H24F5N5O5S/c1-15-10-17(43-24-5-3-2-4-19(24)30)6-7-23(15)39-28(35)18(14-36-39)27(40)22-11-16-12-25(44-29(33)34)21(13-20(16)37-22)38-45(41,42)9-8-26(31)32/h2-7,10-14,26,29,37-38H,8-9,35H2,1H3. The van der Waals surface area contributed by atoms with Gasteiger partial charge in [0.25, 0.3) is 0 Å². The number of para-hydroxylation sites is 1. The molecule has 0 aliphatic carbocycles. The number of H-pyrrole nitrogens is 1. The normalized spacial score (nSPS) is 11.8. The number of nitrogens with two attached hydrogens (primary N) is 1. The maximum atomic E-state index is 14.0. The summed E-state index contributed by atoms with van der Waals surface area (Å²) in [5, 5.41) is 4.43. The predicted octanol–water partition coefficient (Wildman–Crippen LogP) is 6.40. The quantitative estimate of drug-likeness (QED) is 0.105. The number of sulfonamides is 1. The average molecular weight is 650 g/mol. The lowest BCUT2D eigenvalue weighted by molar-refractivity contribution is -0.0492. The number of ketones is 1. The number of nitrogens with zero attached hydrogens (tertiary/aromatic N) is 2. The SMILES string of the molecule is Cc1cc(Oc2ccccc2F)ccc1-n1ncc(C(=O)c2cc3cc(OC(F)F)c(NS(=O)(=O)CCC(F)F)cc3[nH]2)c1N. The topological polar surface area (TPSA) is 141 Å². The van der Waals surface area contributed by atoms with Crippen molar-refractivity contribution in [1.29, 1.82) is 0 Å². The Morgan fingerprint density at radius 2 is 1.82 bits per heavy atom. The first-order valence-corrected chi connectivity index (χ1v) is 14.8. The number of fused-ring (bicyclic) bond motifs is 1. The highest BCUT2D eigenvalue weighted by molar-refractivity contribution is 7.92. The molecule has 5 rings (SSSR count). The van der Waals surface area contributed by atoms with Gasteiger partial charge in [-0.25, -0.2) is 26.3 Å². The summed E-state index contributed by atoms with van der Waals surface area (Å²) >= 11 is 0. The van der Waals surface area contributed by atoms with Crippen molar-refractivity contribution >= 4 is 38.2 Å². The van der Waals surface area contributed by atoms with Gasteiger partial charge in [0.15, 0.2) is 17.3 Å². The second-order valence-electron chi connectivity index (χ2n) is 9.76. The molecule has 0 aliphatic rings. The fourth-order valence-corrected chi connectivity index (χ4v) is 5.56. The number of aromatic amines is 1. The zero-order valence-corrected chi connectivity index (χ0v) is 24.0. The van der Waals surface area contributed by atoms with E-state index in [9.17, 15) is 35.2 Å². The number of aryl methyl sites for hydroxylation is 1. The molecule has 0 radical (unpaired) electrons. The first kappa shape index (κ1) is 31.3. The van der Waals surface area contributed by atoms with Crippen LogP contribution in [0.2, 0.25) is 0 Å². The molecule has 0 spiro atoms. The molecule has 236 valence electrons. The predicted molar refractivity (Wildman–Crippen MR) is 156 cm³/mol. The van der Waals surface area contributed by atoms with Crippen LogP contribution in [0.3, 0.4) is 0 Å². The maximum Gasteiger partial charge on any atom is 0.387 e. The molecule has 0 aliphatic heterocycles. The van der Waals surface area contributed by atoms with Crippen molar-refractivity contribution in [3.63, 3.8) is 0 Å². The van der Waals surface area contributed by atoms with E-state index in [0.29, 0.717) is 17.0 Å². The zero-order chi connectivity index (χ0) is 32.5. The number of carbonyl (C=O) groups is 1. The van der Waals surface area contributed by atoms with E-state index in [0.717, 1.165) is 12.1 Å². The van der Waals surface area contributed by atoms with E-state index in [1.807, 2.05) is 4.72 Å². The van der Waals surface area contributed by atoms with Crippen LogP contribution in [0.5, 0.6) is 17.2 Å². The summed E-state index contributed by atoms with van der Waals surface area (Å²) in [6.07, 6.45) is -2.62. The first-order chi connectivity index (χ1) is 21.3. The van der Waals surface area contributed by atoms with Crippen LogP contribution in [-0.2, 0) is 10.0 Å². The fourth-order valence-electron chi connectivity index (χ4n) is 4.47. The second kappa shape index (κ2) is 12.5. The molecule has 0 saturated carbocycles. The Morgan fingerprint density at radius 3 is 2.51 bits per heavy atom. The number of alkyl halides is 4. The van der Waals surface area contributed by atoms with Crippen molar-refractivity contribution in [2.45, 2.75) is 26.4 Å². The number of hydrogen-bond donors (Lipinski definition) is 3. The Hall–Kier alpha value is -5.12. The number of nitrogens with one attached hydrogen (secondary N) is 2. The number of anilines is 2. The van der Waals surface area contributed by atoms with Crippen LogP contribution in [0.25, 0.3) is 16.6 Å². The van der Waals surface area contributed by atoms with Gasteiger partial charge >= 0.3 is 6.61 Å². The van der Waals surface area contributed by atoms with Crippen LogP contribution < -0.4 is 19.9 Å². The molecule has 0 fully saturated rings. The van der Waals surface area contributed by atoms with Gasteiger partial charge in [0.2, 0.25) is 22.2 Å². The number of ether oxygens (including phenoxy) is 2. The van der Waals surface area contributed by atoms with Gasteiger partial charge in [-0.1, -0.05) is 12.1 Å². The molecule has 5 aromatic rings. The maximum absolute atomic E-state index is 14.0. The third-order valence-electron chi connectivity index (χ3n) is 6.56. The van der Waals surface area contributed by atoms with Gasteiger partial charge in [-0.3, -0.25) is 9.52 Å². The molecule has 0 amide bonds. The molecule has 0 unspecified atom stereocenters. The van der Waals surface area contributed by atoms with E-state index < -0.39 is 58.3 Å². The van der Waals surface area contributed by atoms with E-state index in [4.69, 9.17) is 10.5 Å². The molecule has 0 saturated heterocycles. The number of benzene rings is 3.